The number of aryl methyl sites for hydroxylation is 1. The summed E-state index contributed by atoms with van der Waals surface area (Å²) in [5.74, 6) is 1.97. The van der Waals surface area contributed by atoms with Crippen molar-refractivity contribution >= 4 is 0 Å². The van der Waals surface area contributed by atoms with E-state index in [1.54, 1.807) is 7.11 Å². The summed E-state index contributed by atoms with van der Waals surface area (Å²) in [4.78, 5) is 4.33. The third kappa shape index (κ3) is 3.15. The van der Waals surface area contributed by atoms with Crippen LogP contribution >= 0.6 is 0 Å². The van der Waals surface area contributed by atoms with Gasteiger partial charge in [0.25, 0.3) is 0 Å². The van der Waals surface area contributed by atoms with E-state index in [1.165, 1.54) is 5.56 Å². The zero-order valence-corrected chi connectivity index (χ0v) is 11.8. The lowest BCUT2D eigenvalue weighted by Gasteiger charge is -2.19. The average Bonchev–Trinajstić information content (AvgIpc) is 2.85. The van der Waals surface area contributed by atoms with Gasteiger partial charge in [0.1, 0.15) is 11.6 Å². The fourth-order valence-electron chi connectivity index (χ4n) is 2.21. The zero-order valence-electron chi connectivity index (χ0n) is 11.8. The van der Waals surface area contributed by atoms with Gasteiger partial charge in [0.05, 0.1) is 13.7 Å². The first-order valence-corrected chi connectivity index (χ1v) is 6.58. The number of hydrogen-bond acceptors (Lipinski definition) is 3. The molecular weight excluding hydrogens is 238 g/mol. The third-order valence-corrected chi connectivity index (χ3v) is 3.35. The van der Waals surface area contributed by atoms with Crippen LogP contribution in [0.3, 0.4) is 0 Å². The van der Waals surface area contributed by atoms with E-state index in [2.05, 4.69) is 23.3 Å². The predicted octanol–water partition coefficient (Wildman–Crippen LogP) is 2.67. The second-order valence-electron chi connectivity index (χ2n) is 4.54. The highest BCUT2D eigenvalue weighted by Crippen LogP contribution is 2.26. The molecule has 1 heterocycles. The van der Waals surface area contributed by atoms with Gasteiger partial charge in [-0.15, -0.1) is 0 Å². The van der Waals surface area contributed by atoms with Crippen LogP contribution in [0.15, 0.2) is 36.7 Å². The van der Waals surface area contributed by atoms with Crippen molar-refractivity contribution in [3.05, 3.63) is 48.0 Å². The average molecular weight is 259 g/mol. The van der Waals surface area contributed by atoms with Crippen molar-refractivity contribution in [3.8, 4) is 5.75 Å². The Hall–Kier alpha value is -1.81. The van der Waals surface area contributed by atoms with Crippen LogP contribution in [0.1, 0.15) is 30.8 Å². The summed E-state index contributed by atoms with van der Waals surface area (Å²) in [7, 11) is 3.72. The van der Waals surface area contributed by atoms with Gasteiger partial charge in [-0.3, -0.25) is 0 Å². The molecule has 0 saturated carbocycles. The minimum absolute atomic E-state index is 0.271. The maximum absolute atomic E-state index is 5.43. The molecule has 1 atom stereocenters. The van der Waals surface area contributed by atoms with Crippen molar-refractivity contribution < 1.29 is 4.74 Å². The topological polar surface area (TPSA) is 39.1 Å². The molecule has 0 bridgehead atoms. The van der Waals surface area contributed by atoms with Crippen LogP contribution in [0.5, 0.6) is 5.75 Å². The molecule has 1 N–H and O–H groups in total. The first-order chi connectivity index (χ1) is 9.26. The van der Waals surface area contributed by atoms with E-state index in [0.717, 1.165) is 24.5 Å². The van der Waals surface area contributed by atoms with Crippen LogP contribution in [0.4, 0.5) is 0 Å². The van der Waals surface area contributed by atoms with E-state index in [-0.39, 0.29) is 6.04 Å². The molecular formula is C15H21N3O. The number of ether oxygens (including phenoxy) is 1. The van der Waals surface area contributed by atoms with Crippen molar-refractivity contribution in [2.75, 3.05) is 7.11 Å². The number of nitrogens with one attached hydrogen (secondary N) is 1. The SMILES string of the molecule is CCC(NCc1nccn1C)c1ccccc1OC. The number of rotatable bonds is 6. The van der Waals surface area contributed by atoms with Crippen molar-refractivity contribution in [1.29, 1.82) is 0 Å². The highest BCUT2D eigenvalue weighted by Gasteiger charge is 2.14. The lowest BCUT2D eigenvalue weighted by atomic mass is 10.0. The standard InChI is InChI=1S/C15H21N3O/c1-4-13(12-7-5-6-8-14(12)19-3)17-11-15-16-9-10-18(15)2/h5-10,13,17H,4,11H2,1-3H3. The van der Waals surface area contributed by atoms with Gasteiger partial charge in [0.2, 0.25) is 0 Å². The summed E-state index contributed by atoms with van der Waals surface area (Å²) in [6, 6.07) is 8.42. The van der Waals surface area contributed by atoms with Gasteiger partial charge in [0.15, 0.2) is 0 Å². The minimum atomic E-state index is 0.271. The second-order valence-corrected chi connectivity index (χ2v) is 4.54. The Kier molecular flexibility index (Phi) is 4.58. The molecule has 1 unspecified atom stereocenters. The molecule has 102 valence electrons. The smallest absolute Gasteiger partial charge is 0.123 e. The summed E-state index contributed by atoms with van der Waals surface area (Å²) in [5, 5.41) is 3.54. The van der Waals surface area contributed by atoms with Gasteiger partial charge in [-0.25, -0.2) is 4.98 Å². The molecule has 0 aliphatic rings. The number of aromatic nitrogens is 2. The molecule has 1 aromatic heterocycles. The Morgan fingerprint density at radius 2 is 2.16 bits per heavy atom. The Bertz CT molecular complexity index is 522. The number of para-hydroxylation sites is 1. The largest absolute Gasteiger partial charge is 0.496 e. The van der Waals surface area contributed by atoms with Crippen molar-refractivity contribution in [2.45, 2.75) is 25.9 Å². The predicted molar refractivity (Wildman–Crippen MR) is 76.1 cm³/mol. The zero-order chi connectivity index (χ0) is 13.7. The quantitative estimate of drug-likeness (QED) is 0.867. The molecule has 0 saturated heterocycles. The summed E-state index contributed by atoms with van der Waals surface area (Å²) < 4.78 is 7.46. The number of benzene rings is 1. The van der Waals surface area contributed by atoms with Gasteiger partial charge in [-0.1, -0.05) is 25.1 Å². The monoisotopic (exact) mass is 259 g/mol. The summed E-state index contributed by atoms with van der Waals surface area (Å²) in [6.07, 6.45) is 4.78. The highest BCUT2D eigenvalue weighted by molar-refractivity contribution is 5.35. The van der Waals surface area contributed by atoms with E-state index in [1.807, 2.05) is 42.2 Å². The molecule has 0 fully saturated rings. The number of hydrogen-bond donors (Lipinski definition) is 1. The molecule has 0 radical (unpaired) electrons. The van der Waals surface area contributed by atoms with E-state index in [9.17, 15) is 0 Å². The number of nitrogens with zero attached hydrogens (tertiary/aromatic N) is 2. The molecule has 0 aliphatic carbocycles. The molecule has 19 heavy (non-hydrogen) atoms. The van der Waals surface area contributed by atoms with Crippen molar-refractivity contribution in [2.24, 2.45) is 7.05 Å². The molecule has 0 aliphatic heterocycles. The number of imidazole rings is 1. The van der Waals surface area contributed by atoms with E-state index < -0.39 is 0 Å². The second kappa shape index (κ2) is 6.38. The Balaban J connectivity index is 2.10. The van der Waals surface area contributed by atoms with Gasteiger partial charge in [-0.05, 0) is 12.5 Å². The Labute approximate surface area is 114 Å². The van der Waals surface area contributed by atoms with Crippen LogP contribution in [-0.4, -0.2) is 16.7 Å². The Morgan fingerprint density at radius 1 is 1.37 bits per heavy atom. The molecule has 2 aromatic rings. The minimum Gasteiger partial charge on any atom is -0.496 e. The van der Waals surface area contributed by atoms with Gasteiger partial charge in [-0.2, -0.15) is 0 Å². The number of methoxy groups -OCH3 is 1. The molecule has 4 heteroatoms. The molecule has 2 rings (SSSR count). The summed E-state index contributed by atoms with van der Waals surface area (Å²) >= 11 is 0. The lowest BCUT2D eigenvalue weighted by Crippen LogP contribution is -2.22. The van der Waals surface area contributed by atoms with Crippen LogP contribution in [0, 0.1) is 0 Å². The van der Waals surface area contributed by atoms with Crippen LogP contribution in [0.25, 0.3) is 0 Å². The fraction of sp³-hybridized carbons (Fsp3) is 0.400. The van der Waals surface area contributed by atoms with Crippen LogP contribution in [-0.2, 0) is 13.6 Å². The molecule has 0 amide bonds. The first kappa shape index (κ1) is 13.6. The maximum Gasteiger partial charge on any atom is 0.123 e. The van der Waals surface area contributed by atoms with Crippen molar-refractivity contribution in [3.63, 3.8) is 0 Å². The fourth-order valence-corrected chi connectivity index (χ4v) is 2.21. The van der Waals surface area contributed by atoms with Gasteiger partial charge < -0.3 is 14.6 Å². The van der Waals surface area contributed by atoms with E-state index in [4.69, 9.17) is 4.74 Å². The highest BCUT2D eigenvalue weighted by atomic mass is 16.5. The lowest BCUT2D eigenvalue weighted by molar-refractivity contribution is 0.395. The van der Waals surface area contributed by atoms with Crippen molar-refractivity contribution in [1.82, 2.24) is 14.9 Å². The Morgan fingerprint density at radius 3 is 2.79 bits per heavy atom. The first-order valence-electron chi connectivity index (χ1n) is 6.58. The van der Waals surface area contributed by atoms with Crippen LogP contribution < -0.4 is 10.1 Å². The van der Waals surface area contributed by atoms with Crippen LogP contribution in [0.2, 0.25) is 0 Å². The third-order valence-electron chi connectivity index (χ3n) is 3.35. The summed E-state index contributed by atoms with van der Waals surface area (Å²) in [5.41, 5.74) is 1.20. The normalized spacial score (nSPS) is 12.4. The van der Waals surface area contributed by atoms with Gasteiger partial charge >= 0.3 is 0 Å². The van der Waals surface area contributed by atoms with E-state index in [0.29, 0.717) is 0 Å². The summed E-state index contributed by atoms with van der Waals surface area (Å²) in [6.45, 7) is 2.92. The van der Waals surface area contributed by atoms with Gasteiger partial charge in [0, 0.05) is 31.0 Å². The van der Waals surface area contributed by atoms with E-state index >= 15 is 0 Å². The maximum atomic E-state index is 5.43. The molecule has 0 spiro atoms. The molecule has 4 nitrogen and oxygen atoms in total. The molecule has 1 aromatic carbocycles.